The SMILES string of the molecule is CCOC(=O)C(Sc1nc2ccc(C(C)(C)C)c(CO[SiH](c3ccccc3)c3ccccc3)c2[nH]1)C(C)=O. The minimum absolute atomic E-state index is 0.130. The second kappa shape index (κ2) is 12.1. The van der Waals surface area contributed by atoms with E-state index in [9.17, 15) is 9.59 Å². The molecule has 1 unspecified atom stereocenters. The van der Waals surface area contributed by atoms with Gasteiger partial charge in [0.1, 0.15) is 0 Å². The molecular formula is C30H34N2O4SSi. The fourth-order valence-electron chi connectivity index (χ4n) is 4.45. The van der Waals surface area contributed by atoms with E-state index < -0.39 is 20.3 Å². The van der Waals surface area contributed by atoms with Gasteiger partial charge in [-0.3, -0.25) is 9.59 Å². The summed E-state index contributed by atoms with van der Waals surface area (Å²) in [7, 11) is -1.97. The lowest BCUT2D eigenvalue weighted by molar-refractivity contribution is -0.144. The first-order valence-electron chi connectivity index (χ1n) is 12.8. The van der Waals surface area contributed by atoms with Gasteiger partial charge in [0.15, 0.2) is 16.2 Å². The number of aromatic nitrogens is 2. The molecule has 0 aliphatic rings. The van der Waals surface area contributed by atoms with Crippen molar-refractivity contribution in [2.75, 3.05) is 6.61 Å². The second-order valence-corrected chi connectivity index (χ2v) is 13.7. The highest BCUT2D eigenvalue weighted by molar-refractivity contribution is 8.01. The van der Waals surface area contributed by atoms with Crippen LogP contribution >= 0.6 is 11.8 Å². The average Bonchev–Trinajstić information content (AvgIpc) is 3.31. The van der Waals surface area contributed by atoms with Gasteiger partial charge in [-0.05, 0) is 41.3 Å². The Morgan fingerprint density at radius 2 is 1.58 bits per heavy atom. The van der Waals surface area contributed by atoms with Crippen LogP contribution < -0.4 is 10.4 Å². The minimum atomic E-state index is -1.97. The highest BCUT2D eigenvalue weighted by Crippen LogP contribution is 2.33. The molecule has 0 aliphatic carbocycles. The largest absolute Gasteiger partial charge is 0.465 e. The maximum absolute atomic E-state index is 12.4. The summed E-state index contributed by atoms with van der Waals surface area (Å²) < 4.78 is 11.9. The number of carbonyl (C=O) groups is 2. The predicted molar refractivity (Wildman–Crippen MR) is 156 cm³/mol. The normalized spacial score (nSPS) is 12.6. The van der Waals surface area contributed by atoms with E-state index >= 15 is 0 Å². The number of carbonyl (C=O) groups excluding carboxylic acids is 2. The van der Waals surface area contributed by atoms with Crippen LogP contribution in [0.1, 0.15) is 45.7 Å². The van der Waals surface area contributed by atoms with Gasteiger partial charge in [0.2, 0.25) is 9.04 Å². The van der Waals surface area contributed by atoms with Crippen LogP contribution in [-0.2, 0) is 30.8 Å². The van der Waals surface area contributed by atoms with E-state index in [0.29, 0.717) is 11.8 Å². The lowest BCUT2D eigenvalue weighted by Gasteiger charge is -2.25. The van der Waals surface area contributed by atoms with E-state index in [1.165, 1.54) is 17.3 Å². The van der Waals surface area contributed by atoms with Crippen LogP contribution in [0, 0.1) is 0 Å². The molecule has 8 heteroatoms. The maximum Gasteiger partial charge on any atom is 0.327 e. The summed E-state index contributed by atoms with van der Waals surface area (Å²) >= 11 is 1.09. The van der Waals surface area contributed by atoms with Crippen LogP contribution in [0.3, 0.4) is 0 Å². The molecule has 1 atom stereocenters. The molecule has 1 aromatic heterocycles. The molecular weight excluding hydrogens is 512 g/mol. The number of fused-ring (bicyclic) bond motifs is 1. The van der Waals surface area contributed by atoms with Gasteiger partial charge in [-0.25, -0.2) is 4.98 Å². The maximum atomic E-state index is 12.4. The smallest absolute Gasteiger partial charge is 0.327 e. The number of H-pyrrole nitrogens is 1. The van der Waals surface area contributed by atoms with Crippen molar-refractivity contribution >= 4 is 54.0 Å². The zero-order valence-corrected chi connectivity index (χ0v) is 24.5. The Kier molecular flexibility index (Phi) is 8.86. The van der Waals surface area contributed by atoms with Gasteiger partial charge < -0.3 is 14.1 Å². The first-order valence-corrected chi connectivity index (χ1v) is 15.3. The minimum Gasteiger partial charge on any atom is -0.465 e. The number of benzene rings is 3. The Balaban J connectivity index is 1.72. The van der Waals surface area contributed by atoms with Crippen molar-refractivity contribution in [3.63, 3.8) is 0 Å². The molecule has 4 rings (SSSR count). The van der Waals surface area contributed by atoms with Gasteiger partial charge in [0.25, 0.3) is 0 Å². The first kappa shape index (κ1) is 27.8. The molecule has 0 saturated carbocycles. The van der Waals surface area contributed by atoms with E-state index in [4.69, 9.17) is 14.1 Å². The molecule has 0 spiro atoms. The van der Waals surface area contributed by atoms with Crippen LogP contribution in [0.2, 0.25) is 0 Å². The number of ether oxygens (including phenoxy) is 1. The number of esters is 1. The standard InChI is InChI=1S/C30H34N2O4SSi/c1-6-35-28(34)27(20(2)33)37-29-31-25-18-17-24(30(3,4)5)23(26(25)32-29)19-36-38(21-13-9-7-10-14-21)22-15-11-8-12-16-22/h7-18,27,38H,6,19H2,1-5H3,(H,31,32). The fraction of sp³-hybridized carbons (Fsp3) is 0.300. The summed E-state index contributed by atoms with van der Waals surface area (Å²) in [5.74, 6) is -0.823. The Morgan fingerprint density at radius 1 is 0.974 bits per heavy atom. The Labute approximate surface area is 229 Å². The third kappa shape index (κ3) is 6.43. The van der Waals surface area contributed by atoms with Crippen molar-refractivity contribution in [3.05, 3.63) is 83.9 Å². The molecule has 6 nitrogen and oxygen atoms in total. The Hall–Kier alpha value is -3.20. The molecule has 0 amide bonds. The molecule has 4 aromatic rings. The molecule has 0 saturated heterocycles. The number of Topliss-reactive ketones (excluding diaryl/α,β-unsaturated/α-hetero) is 1. The summed E-state index contributed by atoms with van der Waals surface area (Å²) in [6.07, 6.45) is 0. The van der Waals surface area contributed by atoms with E-state index in [1.807, 2.05) is 18.2 Å². The number of nitrogens with one attached hydrogen (secondary N) is 1. The van der Waals surface area contributed by atoms with Crippen molar-refractivity contribution in [2.24, 2.45) is 0 Å². The first-order chi connectivity index (χ1) is 18.2. The molecule has 3 aromatic carbocycles. The number of ketones is 1. The quantitative estimate of drug-likeness (QED) is 0.136. The molecule has 0 fully saturated rings. The van der Waals surface area contributed by atoms with Gasteiger partial charge >= 0.3 is 5.97 Å². The topological polar surface area (TPSA) is 81.3 Å². The zero-order chi connectivity index (χ0) is 27.3. The molecule has 1 heterocycles. The summed E-state index contributed by atoms with van der Waals surface area (Å²) in [6, 6.07) is 24.9. The van der Waals surface area contributed by atoms with Crippen LogP contribution in [0.4, 0.5) is 0 Å². The summed E-state index contributed by atoms with van der Waals surface area (Å²) in [5, 5.41) is 1.95. The molecule has 198 valence electrons. The molecule has 0 aliphatic heterocycles. The highest BCUT2D eigenvalue weighted by Gasteiger charge is 2.29. The number of nitrogens with zero attached hydrogens (tertiary/aromatic N) is 1. The number of thioether (sulfide) groups is 1. The van der Waals surface area contributed by atoms with Crippen molar-refractivity contribution in [2.45, 2.75) is 57.0 Å². The molecule has 38 heavy (non-hydrogen) atoms. The van der Waals surface area contributed by atoms with E-state index in [1.54, 1.807) is 6.92 Å². The van der Waals surface area contributed by atoms with Gasteiger partial charge in [0, 0.05) is 5.56 Å². The molecule has 0 radical (unpaired) electrons. The summed E-state index contributed by atoms with van der Waals surface area (Å²) in [6.45, 7) is 10.3. The Bertz CT molecular complexity index is 1360. The summed E-state index contributed by atoms with van der Waals surface area (Å²) in [5.41, 5.74) is 3.69. The van der Waals surface area contributed by atoms with Crippen molar-refractivity contribution in [1.82, 2.24) is 9.97 Å². The van der Waals surface area contributed by atoms with E-state index in [-0.39, 0.29) is 17.8 Å². The van der Waals surface area contributed by atoms with Gasteiger partial charge in [-0.1, -0.05) is 99.3 Å². The fourth-order valence-corrected chi connectivity index (χ4v) is 7.57. The number of imidazole rings is 1. The van der Waals surface area contributed by atoms with Crippen LogP contribution in [0.5, 0.6) is 0 Å². The zero-order valence-electron chi connectivity index (χ0n) is 22.5. The van der Waals surface area contributed by atoms with Crippen molar-refractivity contribution in [3.8, 4) is 0 Å². The second-order valence-electron chi connectivity index (χ2n) is 10.2. The monoisotopic (exact) mass is 546 g/mol. The highest BCUT2D eigenvalue weighted by atomic mass is 32.2. The molecule has 0 bridgehead atoms. The van der Waals surface area contributed by atoms with Crippen LogP contribution in [0.25, 0.3) is 11.0 Å². The summed E-state index contributed by atoms with van der Waals surface area (Å²) in [4.78, 5) is 32.7. The van der Waals surface area contributed by atoms with Crippen molar-refractivity contribution in [1.29, 1.82) is 0 Å². The van der Waals surface area contributed by atoms with E-state index in [0.717, 1.165) is 33.9 Å². The van der Waals surface area contributed by atoms with Crippen LogP contribution in [-0.4, -0.2) is 42.6 Å². The lowest BCUT2D eigenvalue weighted by Crippen LogP contribution is -2.44. The lowest BCUT2D eigenvalue weighted by atomic mass is 9.83. The predicted octanol–water partition coefficient (Wildman–Crippen LogP) is 4.53. The third-order valence-electron chi connectivity index (χ3n) is 6.25. The van der Waals surface area contributed by atoms with Crippen LogP contribution in [0.15, 0.2) is 78.0 Å². The number of hydrogen-bond acceptors (Lipinski definition) is 6. The van der Waals surface area contributed by atoms with E-state index in [2.05, 4.69) is 80.4 Å². The number of hydrogen-bond donors (Lipinski definition) is 1. The average molecular weight is 547 g/mol. The van der Waals surface area contributed by atoms with Crippen molar-refractivity contribution < 1.29 is 18.8 Å². The van der Waals surface area contributed by atoms with Gasteiger partial charge in [-0.15, -0.1) is 0 Å². The Morgan fingerprint density at radius 3 is 2.11 bits per heavy atom. The van der Waals surface area contributed by atoms with Gasteiger partial charge in [-0.2, -0.15) is 0 Å². The number of aromatic amines is 1. The molecule has 1 N–H and O–H groups in total. The third-order valence-corrected chi connectivity index (χ3v) is 9.91. The number of rotatable bonds is 10. The van der Waals surface area contributed by atoms with Gasteiger partial charge in [0.05, 0.1) is 24.2 Å².